The Morgan fingerprint density at radius 1 is 1.32 bits per heavy atom. The fourth-order valence-corrected chi connectivity index (χ4v) is 3.83. The summed E-state index contributed by atoms with van der Waals surface area (Å²) in [5.74, 6) is 1.55. The van der Waals surface area contributed by atoms with E-state index in [0.29, 0.717) is 5.92 Å². The van der Waals surface area contributed by atoms with Gasteiger partial charge in [0, 0.05) is 17.5 Å². The fourth-order valence-electron chi connectivity index (χ4n) is 2.85. The first-order valence-corrected chi connectivity index (χ1v) is 9.95. The van der Waals surface area contributed by atoms with Crippen LogP contribution in [-0.4, -0.2) is 46.3 Å². The molecule has 1 unspecified atom stereocenters. The topological polar surface area (TPSA) is 38.8 Å². The van der Waals surface area contributed by atoms with Gasteiger partial charge in [-0.2, -0.15) is 0 Å². The number of carbonyl (C=O) groups is 1. The van der Waals surface area contributed by atoms with Crippen molar-refractivity contribution in [2.45, 2.75) is 64.6 Å². The Morgan fingerprint density at radius 3 is 2.36 bits per heavy atom. The van der Waals surface area contributed by atoms with Gasteiger partial charge < -0.3 is 14.4 Å². The Bertz CT molecular complexity index is 382. The van der Waals surface area contributed by atoms with Gasteiger partial charge in [0.25, 0.3) is 0 Å². The number of halogens is 1. The van der Waals surface area contributed by atoms with Crippen LogP contribution in [0.4, 0.5) is 4.79 Å². The number of alkyl halides is 1. The zero-order valence-corrected chi connectivity index (χ0v) is 16.5. The van der Waals surface area contributed by atoms with Crippen LogP contribution in [0, 0.1) is 11.8 Å². The van der Waals surface area contributed by atoms with Crippen molar-refractivity contribution in [3.8, 4) is 0 Å². The van der Waals surface area contributed by atoms with E-state index in [4.69, 9.17) is 9.47 Å². The zero-order chi connectivity index (χ0) is 16.4. The maximum atomic E-state index is 12.1. The van der Waals surface area contributed by atoms with Crippen molar-refractivity contribution in [3.63, 3.8) is 0 Å². The molecule has 4 nitrogen and oxygen atoms in total. The van der Waals surface area contributed by atoms with Crippen molar-refractivity contribution < 1.29 is 14.3 Å². The van der Waals surface area contributed by atoms with Crippen LogP contribution >= 0.6 is 22.6 Å². The summed E-state index contributed by atoms with van der Waals surface area (Å²) < 4.78 is 12.8. The molecular weight excluding hydrogens is 393 g/mol. The van der Waals surface area contributed by atoms with Crippen LogP contribution in [0.3, 0.4) is 0 Å². The lowest BCUT2D eigenvalue weighted by atomic mass is 9.93. The number of likely N-dealkylation sites (tertiary alicyclic amines) is 1. The molecule has 0 N–H and O–H groups in total. The molecule has 2 rings (SSSR count). The third kappa shape index (κ3) is 5.25. The summed E-state index contributed by atoms with van der Waals surface area (Å²) in [4.78, 5) is 14.0. The Kier molecular flexibility index (Phi) is 6.02. The van der Waals surface area contributed by atoms with E-state index in [1.54, 1.807) is 0 Å². The summed E-state index contributed by atoms with van der Waals surface area (Å²) >= 11 is 2.43. The van der Waals surface area contributed by atoms with E-state index in [9.17, 15) is 4.79 Å². The van der Waals surface area contributed by atoms with Crippen LogP contribution in [-0.2, 0) is 9.47 Å². The normalized spacial score (nSPS) is 23.2. The first-order chi connectivity index (χ1) is 10.2. The van der Waals surface area contributed by atoms with Crippen molar-refractivity contribution in [1.82, 2.24) is 4.90 Å². The zero-order valence-electron chi connectivity index (χ0n) is 14.4. The van der Waals surface area contributed by atoms with E-state index >= 15 is 0 Å². The van der Waals surface area contributed by atoms with Crippen molar-refractivity contribution in [2.75, 3.05) is 24.1 Å². The Balaban J connectivity index is 1.81. The largest absolute Gasteiger partial charge is 0.444 e. The number of ether oxygens (including phenoxy) is 2. The number of nitrogens with zero attached hydrogens (tertiary/aromatic N) is 1. The number of amides is 1. The van der Waals surface area contributed by atoms with Gasteiger partial charge in [0.1, 0.15) is 5.60 Å². The molecule has 1 saturated heterocycles. The molecule has 2 aliphatic rings. The van der Waals surface area contributed by atoms with Crippen molar-refractivity contribution in [1.29, 1.82) is 0 Å². The molecule has 0 aromatic carbocycles. The molecule has 1 atom stereocenters. The third-order valence-corrected chi connectivity index (χ3v) is 6.04. The summed E-state index contributed by atoms with van der Waals surface area (Å²) in [5, 5.41) is 0. The van der Waals surface area contributed by atoms with E-state index in [0.717, 1.165) is 42.9 Å². The third-order valence-electron chi connectivity index (χ3n) is 4.65. The van der Waals surface area contributed by atoms with Gasteiger partial charge in [-0.15, -0.1) is 0 Å². The molecule has 2 fully saturated rings. The van der Waals surface area contributed by atoms with Crippen LogP contribution in [0.5, 0.6) is 0 Å². The van der Waals surface area contributed by atoms with E-state index in [-0.39, 0.29) is 11.7 Å². The molecule has 0 bridgehead atoms. The minimum absolute atomic E-state index is 0.0534. The molecule has 1 aliphatic heterocycles. The van der Waals surface area contributed by atoms with Crippen LogP contribution in [0.15, 0.2) is 0 Å². The van der Waals surface area contributed by atoms with Gasteiger partial charge in [0.05, 0.1) is 12.2 Å². The Labute approximate surface area is 148 Å². The maximum absolute atomic E-state index is 12.1. The van der Waals surface area contributed by atoms with Crippen molar-refractivity contribution in [3.05, 3.63) is 0 Å². The first-order valence-electron chi connectivity index (χ1n) is 8.42. The molecule has 128 valence electrons. The minimum Gasteiger partial charge on any atom is -0.444 e. The Morgan fingerprint density at radius 2 is 1.91 bits per heavy atom. The first kappa shape index (κ1) is 18.3. The monoisotopic (exact) mass is 423 g/mol. The van der Waals surface area contributed by atoms with Crippen LogP contribution < -0.4 is 0 Å². The SMILES string of the molecule is CC(COC1(CI)CCN(C(=O)OC(C)(C)C)CC1)C1CC1. The second kappa shape index (κ2) is 7.24. The van der Waals surface area contributed by atoms with E-state index in [1.165, 1.54) is 12.8 Å². The summed E-state index contributed by atoms with van der Waals surface area (Å²) in [6.07, 6.45) is 4.36. The molecule has 0 radical (unpaired) electrons. The predicted octanol–water partition coefficient (Wildman–Crippen LogP) is 4.25. The van der Waals surface area contributed by atoms with Gasteiger partial charge in [0.15, 0.2) is 0 Å². The van der Waals surface area contributed by atoms with Crippen LogP contribution in [0.2, 0.25) is 0 Å². The van der Waals surface area contributed by atoms with E-state index in [2.05, 4.69) is 29.5 Å². The molecule has 1 heterocycles. The van der Waals surface area contributed by atoms with E-state index < -0.39 is 5.60 Å². The molecule has 1 saturated carbocycles. The molecule has 0 aromatic rings. The lowest BCUT2D eigenvalue weighted by Crippen LogP contribution is -2.50. The number of hydrogen-bond acceptors (Lipinski definition) is 3. The standard InChI is InChI=1S/C17H30INO3/c1-13(14-5-6-14)11-21-17(12-18)7-9-19(10-8-17)15(20)22-16(2,3)4/h13-14H,5-12H2,1-4H3. The molecule has 0 aromatic heterocycles. The van der Waals surface area contributed by atoms with Crippen molar-refractivity contribution >= 4 is 28.7 Å². The molecular formula is C17H30INO3. The average Bonchev–Trinajstić information content (AvgIpc) is 3.28. The number of rotatable bonds is 5. The van der Waals surface area contributed by atoms with Crippen LogP contribution in [0.1, 0.15) is 53.4 Å². The van der Waals surface area contributed by atoms with Gasteiger partial charge in [-0.25, -0.2) is 4.79 Å². The maximum Gasteiger partial charge on any atom is 0.410 e. The summed E-state index contributed by atoms with van der Waals surface area (Å²) in [7, 11) is 0. The highest BCUT2D eigenvalue weighted by Gasteiger charge is 2.38. The Hall–Kier alpha value is -0.0400. The van der Waals surface area contributed by atoms with Gasteiger partial charge in [-0.3, -0.25) is 0 Å². The second-order valence-electron chi connectivity index (χ2n) is 7.91. The summed E-state index contributed by atoms with van der Waals surface area (Å²) in [6.45, 7) is 10.4. The highest BCUT2D eigenvalue weighted by atomic mass is 127. The molecule has 1 aliphatic carbocycles. The molecule has 22 heavy (non-hydrogen) atoms. The van der Waals surface area contributed by atoms with Gasteiger partial charge in [-0.1, -0.05) is 29.5 Å². The highest BCUT2D eigenvalue weighted by Crippen LogP contribution is 2.38. The predicted molar refractivity (Wildman–Crippen MR) is 96.5 cm³/mol. The van der Waals surface area contributed by atoms with Gasteiger partial charge in [0.2, 0.25) is 0 Å². The van der Waals surface area contributed by atoms with Gasteiger partial charge in [-0.05, 0) is 58.3 Å². The molecule has 5 heteroatoms. The fraction of sp³-hybridized carbons (Fsp3) is 0.941. The number of piperidine rings is 1. The lowest BCUT2D eigenvalue weighted by Gasteiger charge is -2.41. The molecule has 1 amide bonds. The van der Waals surface area contributed by atoms with Crippen molar-refractivity contribution in [2.24, 2.45) is 11.8 Å². The minimum atomic E-state index is -0.426. The van der Waals surface area contributed by atoms with Crippen LogP contribution in [0.25, 0.3) is 0 Å². The summed E-state index contributed by atoms with van der Waals surface area (Å²) in [5.41, 5.74) is -0.479. The average molecular weight is 423 g/mol. The lowest BCUT2D eigenvalue weighted by molar-refractivity contribution is -0.0791. The second-order valence-corrected chi connectivity index (χ2v) is 8.67. The van der Waals surface area contributed by atoms with Gasteiger partial charge >= 0.3 is 6.09 Å². The van der Waals surface area contributed by atoms with E-state index in [1.807, 2.05) is 25.7 Å². The quantitative estimate of drug-likeness (QED) is 0.490. The highest BCUT2D eigenvalue weighted by molar-refractivity contribution is 14.1. The summed E-state index contributed by atoms with van der Waals surface area (Å²) in [6, 6.07) is 0. The number of carbonyl (C=O) groups excluding carboxylic acids is 1. The smallest absolute Gasteiger partial charge is 0.410 e. The molecule has 0 spiro atoms. The number of hydrogen-bond donors (Lipinski definition) is 0.